The first kappa shape index (κ1) is 18.3. The lowest BCUT2D eigenvalue weighted by Crippen LogP contribution is -2.05. The number of carboxylic acid groups (broad SMARTS) is 1. The Hall–Kier alpha value is -3.49. The molecular weight excluding hydrogens is 368 g/mol. The SMILES string of the molecule is O=C(O)c1cnc(Oc2ccc(C(F)(F)F)cc2)c(-c2cccc(F)c2)n1. The molecular formula is C18H10F4N2O3. The lowest BCUT2D eigenvalue weighted by atomic mass is 10.1. The van der Waals surface area contributed by atoms with Gasteiger partial charge in [0.05, 0.1) is 11.8 Å². The first-order valence-corrected chi connectivity index (χ1v) is 7.45. The molecule has 0 atom stereocenters. The van der Waals surface area contributed by atoms with Crippen LogP contribution in [0.2, 0.25) is 0 Å². The quantitative estimate of drug-likeness (QED) is 0.661. The monoisotopic (exact) mass is 378 g/mol. The summed E-state index contributed by atoms with van der Waals surface area (Å²) in [6.07, 6.45) is -3.56. The molecule has 0 aliphatic heterocycles. The van der Waals surface area contributed by atoms with Gasteiger partial charge in [-0.25, -0.2) is 19.2 Å². The molecule has 0 saturated heterocycles. The molecule has 0 amide bonds. The molecule has 0 saturated carbocycles. The molecule has 0 aliphatic rings. The first-order valence-electron chi connectivity index (χ1n) is 7.45. The van der Waals surface area contributed by atoms with Crippen LogP contribution in [0.3, 0.4) is 0 Å². The summed E-state index contributed by atoms with van der Waals surface area (Å²) in [6, 6.07) is 8.99. The van der Waals surface area contributed by atoms with Crippen molar-refractivity contribution in [1.29, 1.82) is 0 Å². The first-order chi connectivity index (χ1) is 12.7. The van der Waals surface area contributed by atoms with E-state index in [4.69, 9.17) is 9.84 Å². The van der Waals surface area contributed by atoms with E-state index in [0.29, 0.717) is 0 Å². The van der Waals surface area contributed by atoms with Crippen LogP contribution in [0.1, 0.15) is 16.1 Å². The van der Waals surface area contributed by atoms with Gasteiger partial charge in [-0.1, -0.05) is 12.1 Å². The van der Waals surface area contributed by atoms with Crippen LogP contribution in [0, 0.1) is 5.82 Å². The molecule has 0 radical (unpaired) electrons. The topological polar surface area (TPSA) is 72.3 Å². The van der Waals surface area contributed by atoms with Crippen molar-refractivity contribution in [2.75, 3.05) is 0 Å². The van der Waals surface area contributed by atoms with Crippen LogP contribution in [0.25, 0.3) is 11.3 Å². The molecule has 3 aromatic rings. The predicted molar refractivity (Wildman–Crippen MR) is 85.9 cm³/mol. The summed E-state index contributed by atoms with van der Waals surface area (Å²) in [4.78, 5) is 18.9. The van der Waals surface area contributed by atoms with Crippen LogP contribution in [0.5, 0.6) is 11.6 Å². The fourth-order valence-corrected chi connectivity index (χ4v) is 2.20. The highest BCUT2D eigenvalue weighted by molar-refractivity contribution is 5.86. The normalized spacial score (nSPS) is 11.3. The zero-order chi connectivity index (χ0) is 19.6. The molecule has 0 fully saturated rings. The highest BCUT2D eigenvalue weighted by atomic mass is 19.4. The zero-order valence-corrected chi connectivity index (χ0v) is 13.4. The van der Waals surface area contributed by atoms with Crippen LogP contribution in [-0.4, -0.2) is 21.0 Å². The number of nitrogens with zero attached hydrogens (tertiary/aromatic N) is 2. The molecule has 0 aliphatic carbocycles. The van der Waals surface area contributed by atoms with E-state index in [9.17, 15) is 22.4 Å². The number of hydrogen-bond donors (Lipinski definition) is 1. The van der Waals surface area contributed by atoms with Crippen LogP contribution in [-0.2, 0) is 6.18 Å². The maximum Gasteiger partial charge on any atom is 0.416 e. The van der Waals surface area contributed by atoms with Crippen LogP contribution in [0.15, 0.2) is 54.7 Å². The van der Waals surface area contributed by atoms with Crippen molar-refractivity contribution in [1.82, 2.24) is 9.97 Å². The molecule has 2 aromatic carbocycles. The summed E-state index contributed by atoms with van der Waals surface area (Å²) in [5.41, 5.74) is -1.11. The fraction of sp³-hybridized carbons (Fsp3) is 0.0556. The molecule has 3 rings (SSSR count). The summed E-state index contributed by atoms with van der Waals surface area (Å²) in [6.45, 7) is 0. The minimum Gasteiger partial charge on any atom is -0.476 e. The van der Waals surface area contributed by atoms with Gasteiger partial charge in [0.1, 0.15) is 17.3 Å². The lowest BCUT2D eigenvalue weighted by Gasteiger charge is -2.11. The van der Waals surface area contributed by atoms with Crippen molar-refractivity contribution in [3.05, 3.63) is 71.8 Å². The molecule has 5 nitrogen and oxygen atoms in total. The molecule has 9 heteroatoms. The third-order valence-electron chi connectivity index (χ3n) is 3.45. The molecule has 27 heavy (non-hydrogen) atoms. The Labute approximate surface area is 149 Å². The van der Waals surface area contributed by atoms with E-state index in [-0.39, 0.29) is 22.9 Å². The highest BCUT2D eigenvalue weighted by Gasteiger charge is 2.30. The minimum absolute atomic E-state index is 0.0260. The average molecular weight is 378 g/mol. The van der Waals surface area contributed by atoms with Gasteiger partial charge in [0.15, 0.2) is 5.69 Å². The predicted octanol–water partition coefficient (Wildman–Crippen LogP) is 4.79. The van der Waals surface area contributed by atoms with E-state index in [2.05, 4.69) is 9.97 Å². The average Bonchev–Trinajstić information content (AvgIpc) is 2.61. The number of halogens is 4. The maximum atomic E-state index is 13.5. The van der Waals surface area contributed by atoms with Gasteiger partial charge >= 0.3 is 12.1 Å². The van der Waals surface area contributed by atoms with Crippen LogP contribution >= 0.6 is 0 Å². The molecule has 0 unspecified atom stereocenters. The summed E-state index contributed by atoms with van der Waals surface area (Å²) in [7, 11) is 0. The third kappa shape index (κ3) is 4.20. The van der Waals surface area contributed by atoms with Crippen molar-refractivity contribution >= 4 is 5.97 Å². The molecule has 1 aromatic heterocycles. The number of aromatic nitrogens is 2. The van der Waals surface area contributed by atoms with E-state index in [0.717, 1.165) is 36.5 Å². The molecule has 0 bridgehead atoms. The minimum atomic E-state index is -4.49. The van der Waals surface area contributed by atoms with Gasteiger partial charge in [0.25, 0.3) is 0 Å². The van der Waals surface area contributed by atoms with Crippen molar-refractivity contribution in [2.45, 2.75) is 6.18 Å². The van der Waals surface area contributed by atoms with Gasteiger partial charge in [0, 0.05) is 5.56 Å². The number of carboxylic acids is 1. The van der Waals surface area contributed by atoms with Gasteiger partial charge in [-0.3, -0.25) is 0 Å². The zero-order valence-electron chi connectivity index (χ0n) is 13.4. The van der Waals surface area contributed by atoms with E-state index in [1.54, 1.807) is 0 Å². The van der Waals surface area contributed by atoms with Crippen LogP contribution < -0.4 is 4.74 Å². The highest BCUT2D eigenvalue weighted by Crippen LogP contribution is 2.33. The fourth-order valence-electron chi connectivity index (χ4n) is 2.20. The number of ether oxygens (including phenoxy) is 1. The van der Waals surface area contributed by atoms with Gasteiger partial charge in [-0.2, -0.15) is 13.2 Å². The van der Waals surface area contributed by atoms with Gasteiger partial charge < -0.3 is 9.84 Å². The Bertz CT molecular complexity index is 989. The van der Waals surface area contributed by atoms with Crippen LogP contribution in [0.4, 0.5) is 17.6 Å². The van der Waals surface area contributed by atoms with Gasteiger partial charge in [-0.15, -0.1) is 0 Å². The van der Waals surface area contributed by atoms with E-state index in [1.807, 2.05) is 0 Å². The number of aromatic carboxylic acids is 1. The summed E-state index contributed by atoms with van der Waals surface area (Å²) < 4.78 is 56.9. The molecule has 138 valence electrons. The number of benzene rings is 2. The Balaban J connectivity index is 2.01. The molecule has 1 N–H and O–H groups in total. The lowest BCUT2D eigenvalue weighted by molar-refractivity contribution is -0.137. The number of rotatable bonds is 4. The summed E-state index contributed by atoms with van der Waals surface area (Å²) >= 11 is 0. The second kappa shape index (κ2) is 7.02. The number of alkyl halides is 3. The second-order valence-electron chi connectivity index (χ2n) is 5.35. The second-order valence-corrected chi connectivity index (χ2v) is 5.35. The smallest absolute Gasteiger partial charge is 0.416 e. The Morgan fingerprint density at radius 3 is 2.37 bits per heavy atom. The maximum absolute atomic E-state index is 13.5. The Kier molecular flexibility index (Phi) is 4.76. The van der Waals surface area contributed by atoms with Crippen molar-refractivity contribution < 1.29 is 32.2 Å². The van der Waals surface area contributed by atoms with E-state index in [1.165, 1.54) is 18.2 Å². The molecule has 1 heterocycles. The van der Waals surface area contributed by atoms with E-state index < -0.39 is 29.2 Å². The Morgan fingerprint density at radius 2 is 1.78 bits per heavy atom. The number of hydrogen-bond acceptors (Lipinski definition) is 4. The summed E-state index contributed by atoms with van der Waals surface area (Å²) in [5, 5.41) is 9.07. The Morgan fingerprint density at radius 1 is 1.07 bits per heavy atom. The van der Waals surface area contributed by atoms with Gasteiger partial charge in [0.2, 0.25) is 5.88 Å². The standard InChI is InChI=1S/C18H10F4N2O3/c19-12-3-1-2-10(8-12)15-16(23-9-14(24-15)17(25)26)27-13-6-4-11(5-7-13)18(20,21)22/h1-9H,(H,25,26). The largest absolute Gasteiger partial charge is 0.476 e. The van der Waals surface area contributed by atoms with Crippen molar-refractivity contribution in [3.63, 3.8) is 0 Å². The third-order valence-corrected chi connectivity index (χ3v) is 3.45. The van der Waals surface area contributed by atoms with Gasteiger partial charge in [-0.05, 0) is 36.4 Å². The summed E-state index contributed by atoms with van der Waals surface area (Å²) in [5.74, 6) is -2.08. The number of carbonyl (C=O) groups is 1. The van der Waals surface area contributed by atoms with Crippen molar-refractivity contribution in [3.8, 4) is 22.9 Å². The molecule has 0 spiro atoms. The van der Waals surface area contributed by atoms with E-state index >= 15 is 0 Å². The van der Waals surface area contributed by atoms with Crippen molar-refractivity contribution in [2.24, 2.45) is 0 Å².